The maximum atomic E-state index is 14.9. The van der Waals surface area contributed by atoms with Crippen molar-refractivity contribution in [3.8, 4) is 11.5 Å². The van der Waals surface area contributed by atoms with Crippen molar-refractivity contribution in [3.63, 3.8) is 0 Å². The number of alkyl halides is 51. The fourth-order valence-corrected chi connectivity index (χ4v) is 8.33. The molecule has 1 aliphatic heterocycles. The molecule has 5 unspecified atom stereocenters. The highest BCUT2D eigenvalue weighted by Gasteiger charge is 2.99. The lowest BCUT2D eigenvalue weighted by molar-refractivity contribution is -0.461. The van der Waals surface area contributed by atoms with Crippen LogP contribution in [0.3, 0.4) is 0 Å². The largest absolute Gasteiger partial charge is 0.491 e. The summed E-state index contributed by atoms with van der Waals surface area (Å²) in [6.07, 6.45) is -60.0. The van der Waals surface area contributed by atoms with E-state index >= 15 is 0 Å². The summed E-state index contributed by atoms with van der Waals surface area (Å²) in [4.78, 5) is 0. The Bertz CT molecular complexity index is 3140. The Hall–Kier alpha value is -5.07. The molecule has 0 bridgehead atoms. The van der Waals surface area contributed by atoms with E-state index in [0.29, 0.717) is 24.3 Å². The summed E-state index contributed by atoms with van der Waals surface area (Å²) in [5.41, 5.74) is 0. The van der Waals surface area contributed by atoms with Crippen molar-refractivity contribution in [1.29, 1.82) is 0 Å². The number of rotatable bonds is 41. The van der Waals surface area contributed by atoms with Gasteiger partial charge in [-0.3, -0.25) is 0 Å². The Labute approximate surface area is 572 Å². The van der Waals surface area contributed by atoms with Crippen LogP contribution >= 0.6 is 0 Å². The first-order valence-electron chi connectivity index (χ1n) is 27.8. The Balaban J connectivity index is 2.89. The Morgan fingerprint density at radius 3 is 0.791 bits per heavy atom. The summed E-state index contributed by atoms with van der Waals surface area (Å²) in [6.45, 7) is -12.5. The first-order chi connectivity index (χ1) is 48.1. The fraction of sp³-hybridized carbons (Fsp3) is 0.878. The van der Waals surface area contributed by atoms with Gasteiger partial charge in [0.25, 0.3) is 0 Å². The molecule has 7 atom stereocenters. The molecule has 0 aromatic heterocycles. The molecule has 1 saturated heterocycles. The van der Waals surface area contributed by atoms with Gasteiger partial charge in [0.1, 0.15) is 54.7 Å². The van der Waals surface area contributed by atoms with Crippen LogP contribution in [0.25, 0.3) is 0 Å². The molecule has 0 aliphatic carbocycles. The molecule has 0 spiro atoms. The van der Waals surface area contributed by atoms with Crippen molar-refractivity contribution < 1.29 is 273 Å². The van der Waals surface area contributed by atoms with Crippen molar-refractivity contribution in [2.24, 2.45) is 0 Å². The van der Waals surface area contributed by atoms with Gasteiger partial charge in [0.05, 0.1) is 13.2 Å². The zero-order chi connectivity index (χ0) is 87.8. The minimum Gasteiger partial charge on any atom is -0.491 e. The Morgan fingerprint density at radius 2 is 0.527 bits per heavy atom. The van der Waals surface area contributed by atoms with Crippen molar-refractivity contribution in [2.45, 2.75) is 224 Å². The van der Waals surface area contributed by atoms with E-state index in [0.717, 1.165) is 0 Å². The number of benzene rings is 1. The van der Waals surface area contributed by atoms with Gasteiger partial charge in [0.15, 0.2) is 0 Å². The van der Waals surface area contributed by atoms with E-state index < -0.39 is 275 Å². The van der Waals surface area contributed by atoms with Gasteiger partial charge in [0, 0.05) is 39.1 Å². The SMILES string of the molecule is OCC1O[C@@H](Oc2ccc(OCC(OCCCC(F)(F)C(F)(F)C(F)(F)C(F)(F)C(F)(F)C(F)(F)C(F)(F)C(F)(F)F)C(COCCCC(F)(F)C(F)(F)C(F)(F)C(F)(F)C(F)(F)C(F)(F)C(F)(F)C(F)(F)F)OCCCC(F)(F)C(F)(F)C(F)(F)C(F)(F)C(F)(F)C(F)(F)C(F)(F)C(F)(F)F)cc2)C(O)C(O)[C@@H]1O. The van der Waals surface area contributed by atoms with Gasteiger partial charge in [-0.2, -0.15) is 224 Å². The highest BCUT2D eigenvalue weighted by Crippen LogP contribution is 2.69. The van der Waals surface area contributed by atoms with E-state index in [1.165, 1.54) is 0 Å². The summed E-state index contributed by atoms with van der Waals surface area (Å²) < 4.78 is 738. The summed E-state index contributed by atoms with van der Waals surface area (Å²) in [5, 5.41) is 39.5. The van der Waals surface area contributed by atoms with Gasteiger partial charge >= 0.3 is 143 Å². The third-order valence-electron chi connectivity index (χ3n) is 15.1. The fourth-order valence-electron chi connectivity index (χ4n) is 8.33. The van der Waals surface area contributed by atoms with Crippen LogP contribution in [0.2, 0.25) is 0 Å². The van der Waals surface area contributed by atoms with Crippen LogP contribution in [-0.4, -0.2) is 246 Å². The predicted molar refractivity (Wildman–Crippen MR) is 246 cm³/mol. The second-order valence-electron chi connectivity index (χ2n) is 22.7. The summed E-state index contributed by atoms with van der Waals surface area (Å²) in [7, 11) is 0. The summed E-state index contributed by atoms with van der Waals surface area (Å²) >= 11 is 0. The average molecular weight is 1760 g/mol. The molecule has 0 amide bonds. The number of ether oxygens (including phenoxy) is 6. The van der Waals surface area contributed by atoms with E-state index in [9.17, 15) is 244 Å². The Kier molecular flexibility index (Phi) is 28.6. The van der Waals surface area contributed by atoms with Crippen LogP contribution in [0.5, 0.6) is 11.5 Å². The van der Waals surface area contributed by atoms with Crippen molar-refractivity contribution >= 4 is 0 Å². The van der Waals surface area contributed by atoms with E-state index in [4.69, 9.17) is 18.9 Å². The highest BCUT2D eigenvalue weighted by molar-refractivity contribution is 5.31. The van der Waals surface area contributed by atoms with Crippen LogP contribution in [0.1, 0.15) is 38.5 Å². The van der Waals surface area contributed by atoms with Crippen LogP contribution in [0.4, 0.5) is 224 Å². The molecule has 10 nitrogen and oxygen atoms in total. The lowest BCUT2D eigenvalue weighted by Gasteiger charge is -2.42. The Morgan fingerprint density at radius 1 is 0.291 bits per heavy atom. The van der Waals surface area contributed by atoms with Crippen molar-refractivity contribution in [2.75, 3.05) is 39.6 Å². The van der Waals surface area contributed by atoms with Crippen LogP contribution in [0.15, 0.2) is 24.3 Å². The molecule has 110 heavy (non-hydrogen) atoms. The minimum absolute atomic E-state index is 0.464. The van der Waals surface area contributed by atoms with Gasteiger partial charge in [-0.05, 0) is 43.5 Å². The molecule has 1 aliphatic rings. The first kappa shape index (κ1) is 101. The average Bonchev–Trinajstić information content (AvgIpc) is 0.705. The third-order valence-corrected chi connectivity index (χ3v) is 15.1. The van der Waals surface area contributed by atoms with E-state index in [2.05, 4.69) is 9.47 Å². The van der Waals surface area contributed by atoms with Gasteiger partial charge in [0.2, 0.25) is 6.29 Å². The lowest BCUT2D eigenvalue weighted by Crippen LogP contribution is -2.74. The standard InChI is InChI=1S/C49H39F51O10/c50-26(51,29(56,57)32(62,63)35(68,69)38(74,75)41(80,81)44(86,87)47(92,93)94)8-1-11-105-15-20(106-12-2-9-27(52,53)30(58,59)33(64,65)36(70,71)39(76,77)42(82,83)45(88,89)48(95,96)97)21(16-108-17-4-6-18(7-5-17)109-25-24(104)23(103)22(102)19(14-101)110-25)107-13-3-10-28(54,55)31(60,61)34(66,67)37(72,73)40(78,79)43(84,85)46(90,91)49(98,99)100/h4-7,19-25,101-104H,1-3,8-16H2/t19?,20?,21?,22-,23?,24?,25-/m1/s1. The molecule has 61 heteroatoms. The van der Waals surface area contributed by atoms with Crippen LogP contribution in [-0.2, 0) is 18.9 Å². The van der Waals surface area contributed by atoms with E-state index in [-0.39, 0.29) is 0 Å². The molecule has 2 rings (SSSR count). The molecule has 0 saturated carbocycles. The van der Waals surface area contributed by atoms with Crippen LogP contribution in [0, 0.1) is 0 Å². The summed E-state index contributed by atoms with van der Waals surface area (Å²) in [6, 6.07) is 2.03. The number of halogens is 51. The highest BCUT2D eigenvalue weighted by atomic mass is 19.5. The van der Waals surface area contributed by atoms with Crippen molar-refractivity contribution in [1.82, 2.24) is 0 Å². The molecule has 1 aromatic carbocycles. The molecule has 4 N–H and O–H groups in total. The zero-order valence-corrected chi connectivity index (χ0v) is 51.4. The van der Waals surface area contributed by atoms with E-state index in [1.807, 2.05) is 0 Å². The zero-order valence-electron chi connectivity index (χ0n) is 51.4. The topological polar surface area (TPSA) is 136 Å². The third kappa shape index (κ3) is 16.6. The molecular formula is C49H39F51O10. The van der Waals surface area contributed by atoms with Gasteiger partial charge in [-0.15, -0.1) is 0 Å². The monoisotopic (exact) mass is 1760 g/mol. The van der Waals surface area contributed by atoms with Crippen LogP contribution < -0.4 is 9.47 Å². The predicted octanol–water partition coefficient (Wildman–Crippen LogP) is 17.4. The normalized spacial score (nSPS) is 20.5. The lowest BCUT2D eigenvalue weighted by atomic mass is 9.88. The number of hydrogen-bond donors (Lipinski definition) is 4. The smallest absolute Gasteiger partial charge is 0.460 e. The molecule has 652 valence electrons. The minimum atomic E-state index is -9.27. The van der Waals surface area contributed by atoms with Gasteiger partial charge in [-0.25, -0.2) is 0 Å². The van der Waals surface area contributed by atoms with E-state index in [1.54, 1.807) is 0 Å². The first-order valence-corrected chi connectivity index (χ1v) is 27.8. The second-order valence-corrected chi connectivity index (χ2v) is 22.7. The number of aliphatic hydroxyl groups is 4. The second kappa shape index (κ2) is 31.2. The molecule has 1 fully saturated rings. The number of hydrogen-bond acceptors (Lipinski definition) is 10. The van der Waals surface area contributed by atoms with Gasteiger partial charge in [-0.1, -0.05) is 0 Å². The maximum Gasteiger partial charge on any atom is 0.460 e. The molecule has 1 aromatic rings. The molecule has 0 radical (unpaired) electrons. The van der Waals surface area contributed by atoms with Crippen molar-refractivity contribution in [3.05, 3.63) is 24.3 Å². The number of aliphatic hydroxyl groups excluding tert-OH is 4. The summed E-state index contributed by atoms with van der Waals surface area (Å²) in [5.74, 6) is -185. The quantitative estimate of drug-likeness (QED) is 0.0371. The molecular weight excluding hydrogens is 1720 g/mol. The maximum absolute atomic E-state index is 14.9. The van der Waals surface area contributed by atoms with Gasteiger partial charge < -0.3 is 48.8 Å². The molecule has 1 heterocycles.